The molecule has 1 aromatic carbocycles. The Morgan fingerprint density at radius 1 is 1.08 bits per heavy atom. The second-order valence-electron chi connectivity index (χ2n) is 9.83. The molecule has 11 heteroatoms. The van der Waals surface area contributed by atoms with Crippen LogP contribution in [0.5, 0.6) is 0 Å². The molecule has 5 rings (SSSR count). The standard InChI is InChI=1S/C25H27F3N6O2/c1-32-10-7-24(16-32)8-11-33(12-9-24)22(35)15-34-14-17-13-18(5-6-19(17)31-34)29-23(36)20-3-2-4-21(30-20)25(26,27)28/h2-6,13-14H,7-12,15-16H2,1H3,(H,29,36). The molecular formula is C25H27F3N6O2. The lowest BCUT2D eigenvalue weighted by Gasteiger charge is -2.39. The van der Waals surface area contributed by atoms with Gasteiger partial charge in [0.2, 0.25) is 5.91 Å². The van der Waals surface area contributed by atoms with Crippen LogP contribution in [-0.4, -0.2) is 69.6 Å². The Hall–Kier alpha value is -3.47. The first-order valence-corrected chi connectivity index (χ1v) is 11.9. The van der Waals surface area contributed by atoms with E-state index in [0.717, 1.165) is 51.2 Å². The normalized spacial score (nSPS) is 18.2. The van der Waals surface area contributed by atoms with Crippen LogP contribution in [0.25, 0.3) is 10.9 Å². The van der Waals surface area contributed by atoms with Gasteiger partial charge in [-0.25, -0.2) is 4.98 Å². The molecule has 2 fully saturated rings. The zero-order chi connectivity index (χ0) is 25.5. The van der Waals surface area contributed by atoms with E-state index < -0.39 is 17.8 Å². The quantitative estimate of drug-likeness (QED) is 0.592. The number of anilines is 1. The molecule has 1 N–H and O–H groups in total. The Kier molecular flexibility index (Phi) is 6.19. The van der Waals surface area contributed by atoms with Crippen LogP contribution in [0.4, 0.5) is 18.9 Å². The summed E-state index contributed by atoms with van der Waals surface area (Å²) in [4.78, 5) is 33.0. The maximum Gasteiger partial charge on any atom is 0.433 e. The molecule has 2 amide bonds. The number of alkyl halides is 3. The maximum atomic E-state index is 12.9. The fraction of sp³-hybridized carbons (Fsp3) is 0.440. The van der Waals surface area contributed by atoms with E-state index >= 15 is 0 Å². The molecule has 8 nitrogen and oxygen atoms in total. The summed E-state index contributed by atoms with van der Waals surface area (Å²) in [7, 11) is 2.15. The Labute approximate surface area is 206 Å². The van der Waals surface area contributed by atoms with E-state index in [0.29, 0.717) is 22.0 Å². The predicted molar refractivity (Wildman–Crippen MR) is 127 cm³/mol. The van der Waals surface area contributed by atoms with Gasteiger partial charge in [-0.15, -0.1) is 0 Å². The SMILES string of the molecule is CN1CCC2(CCN(C(=O)Cn3cc4cc(NC(=O)c5cccc(C(F)(F)F)n5)ccc4n3)CC2)C1. The van der Waals surface area contributed by atoms with E-state index in [1.807, 2.05) is 4.90 Å². The molecule has 36 heavy (non-hydrogen) atoms. The van der Waals surface area contributed by atoms with Crippen molar-refractivity contribution in [2.45, 2.75) is 32.0 Å². The Balaban J connectivity index is 1.22. The van der Waals surface area contributed by atoms with Crippen LogP contribution in [0, 0.1) is 5.41 Å². The highest BCUT2D eigenvalue weighted by molar-refractivity contribution is 6.03. The average molecular weight is 501 g/mol. The van der Waals surface area contributed by atoms with Crippen LogP contribution in [0.1, 0.15) is 35.4 Å². The summed E-state index contributed by atoms with van der Waals surface area (Å²) in [5, 5.41) is 7.73. The Morgan fingerprint density at radius 2 is 1.83 bits per heavy atom. The number of hydrogen-bond acceptors (Lipinski definition) is 5. The van der Waals surface area contributed by atoms with Crippen molar-refractivity contribution in [3.05, 3.63) is 54.0 Å². The van der Waals surface area contributed by atoms with E-state index in [-0.39, 0.29) is 18.1 Å². The lowest BCUT2D eigenvalue weighted by Crippen LogP contribution is -2.45. The van der Waals surface area contributed by atoms with Gasteiger partial charge in [0.1, 0.15) is 17.9 Å². The van der Waals surface area contributed by atoms with Gasteiger partial charge in [-0.05, 0) is 68.6 Å². The highest BCUT2D eigenvalue weighted by Gasteiger charge is 2.40. The summed E-state index contributed by atoms with van der Waals surface area (Å²) in [6.45, 7) is 3.85. The number of nitrogens with zero attached hydrogens (tertiary/aromatic N) is 5. The predicted octanol–water partition coefficient (Wildman–Crippen LogP) is 3.65. The van der Waals surface area contributed by atoms with Gasteiger partial charge in [-0.3, -0.25) is 14.3 Å². The number of piperidine rings is 1. The summed E-state index contributed by atoms with van der Waals surface area (Å²) in [5.74, 6) is -0.729. The second kappa shape index (κ2) is 9.20. The number of nitrogens with one attached hydrogen (secondary N) is 1. The summed E-state index contributed by atoms with van der Waals surface area (Å²) in [6.07, 6.45) is 0.327. The number of halogens is 3. The first-order chi connectivity index (χ1) is 17.1. The molecule has 1 spiro atoms. The molecule has 0 unspecified atom stereocenters. The molecule has 0 aliphatic carbocycles. The summed E-state index contributed by atoms with van der Waals surface area (Å²) < 4.78 is 40.3. The van der Waals surface area contributed by atoms with Gasteiger partial charge < -0.3 is 15.1 Å². The monoisotopic (exact) mass is 500 g/mol. The molecule has 0 radical (unpaired) electrons. The minimum Gasteiger partial charge on any atom is -0.341 e. The smallest absolute Gasteiger partial charge is 0.341 e. The van der Waals surface area contributed by atoms with Gasteiger partial charge in [0, 0.05) is 36.9 Å². The maximum absolute atomic E-state index is 12.9. The third-order valence-corrected chi connectivity index (χ3v) is 7.19. The van der Waals surface area contributed by atoms with Crippen LogP contribution in [-0.2, 0) is 17.5 Å². The molecule has 190 valence electrons. The van der Waals surface area contributed by atoms with Crippen molar-refractivity contribution in [2.24, 2.45) is 5.41 Å². The minimum atomic E-state index is -4.63. The lowest BCUT2D eigenvalue weighted by atomic mass is 9.78. The van der Waals surface area contributed by atoms with Gasteiger partial charge >= 0.3 is 6.18 Å². The molecule has 2 aliphatic heterocycles. The topological polar surface area (TPSA) is 83.4 Å². The zero-order valence-corrected chi connectivity index (χ0v) is 19.9. The third-order valence-electron chi connectivity index (χ3n) is 7.19. The van der Waals surface area contributed by atoms with E-state index in [1.54, 1.807) is 29.1 Å². The average Bonchev–Trinajstić information content (AvgIpc) is 3.41. The van der Waals surface area contributed by atoms with Crippen molar-refractivity contribution in [3.63, 3.8) is 0 Å². The largest absolute Gasteiger partial charge is 0.433 e. The summed E-state index contributed by atoms with van der Waals surface area (Å²) in [5.41, 5.74) is -0.0872. The van der Waals surface area contributed by atoms with E-state index in [1.165, 1.54) is 12.5 Å². The minimum absolute atomic E-state index is 0.0214. The third kappa shape index (κ3) is 5.06. The van der Waals surface area contributed by atoms with Crippen LogP contribution in [0.3, 0.4) is 0 Å². The van der Waals surface area contributed by atoms with Crippen molar-refractivity contribution in [3.8, 4) is 0 Å². The molecule has 2 saturated heterocycles. The van der Waals surface area contributed by atoms with Gasteiger partial charge in [0.05, 0.1) is 5.52 Å². The van der Waals surface area contributed by atoms with E-state index in [4.69, 9.17) is 0 Å². The van der Waals surface area contributed by atoms with Crippen molar-refractivity contribution in [1.82, 2.24) is 24.6 Å². The van der Waals surface area contributed by atoms with Crippen molar-refractivity contribution < 1.29 is 22.8 Å². The Morgan fingerprint density at radius 3 is 2.53 bits per heavy atom. The molecule has 3 aromatic rings. The van der Waals surface area contributed by atoms with Crippen LogP contribution in [0.15, 0.2) is 42.6 Å². The van der Waals surface area contributed by atoms with Crippen LogP contribution in [0.2, 0.25) is 0 Å². The van der Waals surface area contributed by atoms with E-state index in [9.17, 15) is 22.8 Å². The molecule has 2 aliphatic rings. The Bertz CT molecular complexity index is 1300. The molecule has 4 heterocycles. The number of likely N-dealkylation sites (tertiary alicyclic amines) is 2. The molecule has 0 saturated carbocycles. The number of carbonyl (C=O) groups is 2. The van der Waals surface area contributed by atoms with Crippen molar-refractivity contribution >= 4 is 28.4 Å². The summed E-state index contributed by atoms with van der Waals surface area (Å²) >= 11 is 0. The van der Waals surface area contributed by atoms with Gasteiger partial charge in [-0.2, -0.15) is 18.3 Å². The van der Waals surface area contributed by atoms with Crippen LogP contribution < -0.4 is 5.32 Å². The number of aromatic nitrogens is 3. The molecule has 2 aromatic heterocycles. The lowest BCUT2D eigenvalue weighted by molar-refractivity contribution is -0.141. The van der Waals surface area contributed by atoms with E-state index in [2.05, 4.69) is 27.3 Å². The first-order valence-electron chi connectivity index (χ1n) is 11.9. The second-order valence-corrected chi connectivity index (χ2v) is 9.83. The highest BCUT2D eigenvalue weighted by atomic mass is 19.4. The van der Waals surface area contributed by atoms with Gasteiger partial charge in [0.25, 0.3) is 5.91 Å². The number of carbonyl (C=O) groups excluding carboxylic acids is 2. The van der Waals surface area contributed by atoms with Gasteiger partial charge in [-0.1, -0.05) is 6.07 Å². The van der Waals surface area contributed by atoms with Crippen LogP contribution >= 0.6 is 0 Å². The number of amides is 2. The zero-order valence-electron chi connectivity index (χ0n) is 19.9. The highest BCUT2D eigenvalue weighted by Crippen LogP contribution is 2.39. The van der Waals surface area contributed by atoms with Gasteiger partial charge in [0.15, 0.2) is 0 Å². The summed E-state index contributed by atoms with van der Waals surface area (Å²) in [6, 6.07) is 8.13. The number of fused-ring (bicyclic) bond motifs is 1. The number of hydrogen-bond donors (Lipinski definition) is 1. The molecule has 0 atom stereocenters. The molecule has 0 bridgehead atoms. The number of benzene rings is 1. The first kappa shape index (κ1) is 24.2. The van der Waals surface area contributed by atoms with Crippen molar-refractivity contribution in [1.29, 1.82) is 0 Å². The number of pyridine rings is 1. The van der Waals surface area contributed by atoms with Crippen molar-refractivity contribution in [2.75, 3.05) is 38.5 Å². The number of rotatable bonds is 4. The fourth-order valence-corrected chi connectivity index (χ4v) is 5.19. The fourth-order valence-electron chi connectivity index (χ4n) is 5.19. The molecular weight excluding hydrogens is 473 g/mol.